The van der Waals surface area contributed by atoms with Crippen molar-refractivity contribution in [2.75, 3.05) is 11.0 Å². The summed E-state index contributed by atoms with van der Waals surface area (Å²) in [4.78, 5) is 24.1. The number of nitrogens with one attached hydrogen (secondary N) is 1. The number of esters is 1. The van der Waals surface area contributed by atoms with Gasteiger partial charge in [-0.1, -0.05) is 0 Å². The third-order valence-electron chi connectivity index (χ3n) is 3.36. The molecule has 0 unspecified atom stereocenters. The summed E-state index contributed by atoms with van der Waals surface area (Å²) >= 11 is 3.32. The Balaban J connectivity index is 2.55. The third-order valence-corrected chi connectivity index (χ3v) is 4.61. The average Bonchev–Trinajstić information content (AvgIpc) is 2.73. The Morgan fingerprint density at radius 1 is 1.27 bits per heavy atom. The van der Waals surface area contributed by atoms with Gasteiger partial charge in [-0.3, -0.25) is 14.3 Å². The summed E-state index contributed by atoms with van der Waals surface area (Å²) in [7, 11) is -3.48. The molecule has 0 atom stereocenters. The van der Waals surface area contributed by atoms with E-state index in [4.69, 9.17) is 4.74 Å². The lowest BCUT2D eigenvalue weighted by Gasteiger charge is -2.19. The van der Waals surface area contributed by atoms with Crippen molar-refractivity contribution in [1.82, 2.24) is 4.57 Å². The van der Waals surface area contributed by atoms with Gasteiger partial charge in [0, 0.05) is 21.6 Å². The lowest BCUT2D eigenvalue weighted by molar-refractivity contribution is -0.155. The zero-order valence-corrected chi connectivity index (χ0v) is 17.6. The summed E-state index contributed by atoms with van der Waals surface area (Å²) in [6.07, 6.45) is 2.62. The lowest BCUT2D eigenvalue weighted by Crippen LogP contribution is -2.26. The van der Waals surface area contributed by atoms with Crippen LogP contribution in [0, 0.1) is 0 Å². The number of ether oxygens (including phenoxy) is 1. The molecule has 7 nitrogen and oxygen atoms in total. The number of aromatic nitrogens is 1. The number of halogens is 1. The highest BCUT2D eigenvalue weighted by molar-refractivity contribution is 9.10. The minimum Gasteiger partial charge on any atom is -0.459 e. The molecule has 0 saturated heterocycles. The fourth-order valence-corrected chi connectivity index (χ4v) is 3.64. The fourth-order valence-electron chi connectivity index (χ4n) is 2.51. The van der Waals surface area contributed by atoms with Crippen LogP contribution in [0.5, 0.6) is 0 Å². The molecule has 0 bridgehead atoms. The van der Waals surface area contributed by atoms with E-state index in [1.807, 2.05) is 0 Å². The Morgan fingerprint density at radius 2 is 1.88 bits per heavy atom. The zero-order valence-electron chi connectivity index (χ0n) is 15.2. The molecule has 0 aliphatic rings. The minimum absolute atomic E-state index is 0.0632. The number of carbonyl (C=O) groups is 2. The maximum Gasteiger partial charge on any atom is 0.326 e. The molecule has 142 valence electrons. The van der Waals surface area contributed by atoms with Gasteiger partial charge in [-0.15, -0.1) is 0 Å². The van der Waals surface area contributed by atoms with Crippen LogP contribution in [-0.4, -0.2) is 36.6 Å². The van der Waals surface area contributed by atoms with E-state index in [9.17, 15) is 18.0 Å². The molecule has 26 heavy (non-hydrogen) atoms. The zero-order chi connectivity index (χ0) is 19.9. The maximum atomic E-state index is 12.2. The van der Waals surface area contributed by atoms with E-state index < -0.39 is 21.6 Å². The summed E-state index contributed by atoms with van der Waals surface area (Å²) in [5, 5.41) is 0.551. The fraction of sp³-hybridized carbons (Fsp3) is 0.412. The van der Waals surface area contributed by atoms with Crippen molar-refractivity contribution >= 4 is 54.3 Å². The minimum atomic E-state index is -3.48. The van der Waals surface area contributed by atoms with Crippen LogP contribution in [0.4, 0.5) is 5.69 Å². The van der Waals surface area contributed by atoms with Crippen molar-refractivity contribution in [1.29, 1.82) is 0 Å². The molecule has 0 spiro atoms. The molecular weight excluding hydrogens is 424 g/mol. The van der Waals surface area contributed by atoms with Crippen LogP contribution in [0.25, 0.3) is 10.9 Å². The summed E-state index contributed by atoms with van der Waals surface area (Å²) < 4.78 is 32.9. The largest absolute Gasteiger partial charge is 0.459 e. The molecule has 0 saturated carbocycles. The van der Waals surface area contributed by atoms with E-state index in [2.05, 4.69) is 20.7 Å². The molecule has 1 aromatic heterocycles. The number of fused-ring (bicyclic) bond motifs is 1. The van der Waals surface area contributed by atoms with Crippen LogP contribution in [0.3, 0.4) is 0 Å². The number of nitrogens with zero attached hydrogens (tertiary/aromatic N) is 1. The van der Waals surface area contributed by atoms with Crippen LogP contribution in [0.15, 0.2) is 22.8 Å². The summed E-state index contributed by atoms with van der Waals surface area (Å²) in [5.41, 5.74) is 0.716. The molecule has 0 radical (unpaired) electrons. The second-order valence-electron chi connectivity index (χ2n) is 7.04. The summed E-state index contributed by atoms with van der Waals surface area (Å²) in [6.45, 7) is 6.68. The number of anilines is 1. The Bertz CT molecular complexity index is 987. The second kappa shape index (κ2) is 7.03. The van der Waals surface area contributed by atoms with Crippen molar-refractivity contribution in [3.63, 3.8) is 0 Å². The van der Waals surface area contributed by atoms with Crippen LogP contribution in [-0.2, 0) is 26.1 Å². The Hall–Kier alpha value is -1.87. The topological polar surface area (TPSA) is 94.5 Å². The molecule has 0 aliphatic carbocycles. The van der Waals surface area contributed by atoms with Gasteiger partial charge in [-0.2, -0.15) is 0 Å². The van der Waals surface area contributed by atoms with Gasteiger partial charge < -0.3 is 9.30 Å². The van der Waals surface area contributed by atoms with Gasteiger partial charge in [0.2, 0.25) is 10.0 Å². The summed E-state index contributed by atoms with van der Waals surface area (Å²) in [6, 6.07) is 3.24. The first-order valence-corrected chi connectivity index (χ1v) is 10.5. The van der Waals surface area contributed by atoms with Crippen molar-refractivity contribution < 1.29 is 22.7 Å². The quantitative estimate of drug-likeness (QED) is 0.563. The first-order chi connectivity index (χ1) is 11.8. The standard InChI is InChI=1S/C17H21BrN2O5S/c1-10(21)12-8-20(9-16(22)25-17(2,3)4)15-7-13(18)14(6-11(12)15)19-26(5,23)24/h6-8,19H,9H2,1-5H3. The lowest BCUT2D eigenvalue weighted by atomic mass is 10.1. The number of rotatable bonds is 5. The van der Waals surface area contributed by atoms with Crippen molar-refractivity contribution in [2.45, 2.75) is 39.8 Å². The maximum absolute atomic E-state index is 12.2. The highest BCUT2D eigenvalue weighted by atomic mass is 79.9. The molecule has 0 fully saturated rings. The molecule has 2 rings (SSSR count). The molecule has 9 heteroatoms. The van der Waals surface area contributed by atoms with E-state index in [1.54, 1.807) is 43.7 Å². The molecule has 1 N–H and O–H groups in total. The number of Topliss-reactive ketones (excluding diaryl/α,β-unsaturated/α-hetero) is 1. The smallest absolute Gasteiger partial charge is 0.326 e. The van der Waals surface area contributed by atoms with Gasteiger partial charge in [0.05, 0.1) is 17.5 Å². The van der Waals surface area contributed by atoms with E-state index in [0.29, 0.717) is 26.6 Å². The van der Waals surface area contributed by atoms with E-state index in [1.165, 1.54) is 6.92 Å². The van der Waals surface area contributed by atoms with Crippen LogP contribution in [0.2, 0.25) is 0 Å². The van der Waals surface area contributed by atoms with Gasteiger partial charge >= 0.3 is 5.97 Å². The molecule has 2 aromatic rings. The number of carbonyl (C=O) groups excluding carboxylic acids is 2. The van der Waals surface area contributed by atoms with Crippen LogP contribution >= 0.6 is 15.9 Å². The van der Waals surface area contributed by atoms with Gasteiger partial charge in [0.1, 0.15) is 12.1 Å². The number of benzene rings is 1. The van der Waals surface area contributed by atoms with Crippen molar-refractivity contribution in [2.24, 2.45) is 0 Å². The van der Waals surface area contributed by atoms with Crippen molar-refractivity contribution in [3.8, 4) is 0 Å². The first kappa shape index (κ1) is 20.4. The number of sulfonamides is 1. The third kappa shape index (κ3) is 5.07. The number of hydrogen-bond donors (Lipinski definition) is 1. The molecule has 1 aromatic carbocycles. The molecule has 0 amide bonds. The van der Waals surface area contributed by atoms with Gasteiger partial charge in [0.25, 0.3) is 0 Å². The van der Waals surface area contributed by atoms with Gasteiger partial charge in [-0.05, 0) is 55.8 Å². The van der Waals surface area contributed by atoms with E-state index >= 15 is 0 Å². The first-order valence-electron chi connectivity index (χ1n) is 7.80. The molecule has 0 aliphatic heterocycles. The van der Waals surface area contributed by atoms with Gasteiger partial charge in [0.15, 0.2) is 5.78 Å². The Morgan fingerprint density at radius 3 is 2.38 bits per heavy atom. The second-order valence-corrected chi connectivity index (χ2v) is 9.64. The Kier molecular flexibility index (Phi) is 5.53. The Labute approximate surface area is 160 Å². The average molecular weight is 445 g/mol. The van der Waals surface area contributed by atoms with Crippen LogP contribution < -0.4 is 4.72 Å². The van der Waals surface area contributed by atoms with Gasteiger partial charge in [-0.25, -0.2) is 8.42 Å². The highest BCUT2D eigenvalue weighted by Crippen LogP contribution is 2.32. The van der Waals surface area contributed by atoms with Crippen molar-refractivity contribution in [3.05, 3.63) is 28.4 Å². The predicted molar refractivity (Wildman–Crippen MR) is 104 cm³/mol. The number of hydrogen-bond acceptors (Lipinski definition) is 5. The monoisotopic (exact) mass is 444 g/mol. The molecule has 1 heterocycles. The SMILES string of the molecule is CC(=O)c1cn(CC(=O)OC(C)(C)C)c2cc(Br)c(NS(C)(=O)=O)cc12. The van der Waals surface area contributed by atoms with E-state index in [-0.39, 0.29) is 12.3 Å². The molecular formula is C17H21BrN2O5S. The summed E-state index contributed by atoms with van der Waals surface area (Å²) in [5.74, 6) is -0.621. The number of ketones is 1. The van der Waals surface area contributed by atoms with Crippen LogP contribution in [0.1, 0.15) is 38.1 Å². The predicted octanol–water partition coefficient (Wildman–Crippen LogP) is 3.32. The highest BCUT2D eigenvalue weighted by Gasteiger charge is 2.20. The van der Waals surface area contributed by atoms with E-state index in [0.717, 1.165) is 6.26 Å². The normalized spacial score (nSPS) is 12.2.